The Bertz CT molecular complexity index is 1550. The lowest BCUT2D eigenvalue weighted by Gasteiger charge is -2.26. The van der Waals surface area contributed by atoms with Gasteiger partial charge >= 0.3 is 11.7 Å². The van der Waals surface area contributed by atoms with Crippen molar-refractivity contribution in [1.82, 2.24) is 5.32 Å². The van der Waals surface area contributed by atoms with Crippen molar-refractivity contribution in [2.75, 3.05) is 4.90 Å². The van der Waals surface area contributed by atoms with Gasteiger partial charge in [-0.3, -0.25) is 35.1 Å². The van der Waals surface area contributed by atoms with Crippen LogP contribution in [0.3, 0.4) is 0 Å². The van der Waals surface area contributed by atoms with Crippen LogP contribution in [0.5, 0.6) is 11.5 Å². The van der Waals surface area contributed by atoms with Crippen molar-refractivity contribution in [2.24, 2.45) is 0 Å². The average Bonchev–Trinajstić information content (AvgIpc) is 2.85. The van der Waals surface area contributed by atoms with E-state index in [4.69, 9.17) is 4.74 Å². The number of benzene rings is 3. The second-order valence-electron chi connectivity index (χ2n) is 7.52. The van der Waals surface area contributed by atoms with E-state index in [2.05, 4.69) is 53.1 Å². The molecule has 1 aliphatic heterocycles. The van der Waals surface area contributed by atoms with Crippen molar-refractivity contribution in [3.05, 3.63) is 99.4 Å². The lowest BCUT2D eigenvalue weighted by Crippen LogP contribution is -2.54. The summed E-state index contributed by atoms with van der Waals surface area (Å²) in [6.07, 6.45) is 1.27. The molecule has 0 unspecified atom stereocenters. The van der Waals surface area contributed by atoms with E-state index in [1.807, 2.05) is 0 Å². The molecule has 1 aliphatic rings. The number of nitro benzene ring substituents is 2. The lowest BCUT2D eigenvalue weighted by atomic mass is 10.1. The number of barbiturate groups is 1. The van der Waals surface area contributed by atoms with Crippen LogP contribution in [0.1, 0.15) is 5.56 Å². The molecule has 0 spiro atoms. The van der Waals surface area contributed by atoms with Crippen LogP contribution < -0.4 is 15.0 Å². The first-order valence-electron chi connectivity index (χ1n) is 10.2. The topological polar surface area (TPSA) is 162 Å². The molecule has 0 aromatic heterocycles. The molecule has 0 atom stereocenters. The molecule has 38 heavy (non-hydrogen) atoms. The maximum absolute atomic E-state index is 13.1. The van der Waals surface area contributed by atoms with Gasteiger partial charge in [-0.2, -0.15) is 0 Å². The molecule has 1 N–H and O–H groups in total. The van der Waals surface area contributed by atoms with E-state index in [0.717, 1.165) is 27.6 Å². The fourth-order valence-electron chi connectivity index (χ4n) is 3.37. The summed E-state index contributed by atoms with van der Waals surface area (Å²) in [5.74, 6) is -1.88. The van der Waals surface area contributed by atoms with Crippen LogP contribution in [-0.2, 0) is 9.59 Å². The Morgan fingerprint density at radius 3 is 2.08 bits per heavy atom. The third-order valence-electron chi connectivity index (χ3n) is 5.08. The van der Waals surface area contributed by atoms with E-state index in [9.17, 15) is 34.6 Å². The molecule has 0 radical (unpaired) electrons. The number of anilines is 1. The number of nitrogens with one attached hydrogen (secondary N) is 1. The number of hydrogen-bond acceptors (Lipinski definition) is 8. The van der Waals surface area contributed by atoms with Crippen molar-refractivity contribution in [1.29, 1.82) is 0 Å². The zero-order valence-corrected chi connectivity index (χ0v) is 23.3. The summed E-state index contributed by atoms with van der Waals surface area (Å²) in [6, 6.07) is 11.3. The number of urea groups is 1. The number of halogens is 3. The maximum Gasteiger partial charge on any atom is 0.335 e. The molecular weight excluding hydrogens is 700 g/mol. The summed E-state index contributed by atoms with van der Waals surface area (Å²) in [6.45, 7) is 0. The number of amides is 4. The Morgan fingerprint density at radius 2 is 1.50 bits per heavy atom. The highest BCUT2D eigenvalue weighted by molar-refractivity contribution is 9.11. The van der Waals surface area contributed by atoms with Crippen molar-refractivity contribution in [3.63, 3.8) is 0 Å². The summed E-state index contributed by atoms with van der Waals surface area (Å²) in [4.78, 5) is 59.6. The normalized spacial score (nSPS) is 14.4. The van der Waals surface area contributed by atoms with Gasteiger partial charge in [0.2, 0.25) is 5.75 Å². The Morgan fingerprint density at radius 1 is 0.868 bits per heavy atom. The van der Waals surface area contributed by atoms with Crippen LogP contribution in [0.25, 0.3) is 6.08 Å². The van der Waals surface area contributed by atoms with Crippen LogP contribution in [0.15, 0.2) is 73.6 Å². The summed E-state index contributed by atoms with van der Waals surface area (Å²) >= 11 is 9.87. The van der Waals surface area contributed by atoms with E-state index < -0.39 is 39.1 Å². The molecule has 15 heteroatoms. The number of non-ortho nitro benzene ring substituents is 1. The molecule has 4 rings (SSSR count). The van der Waals surface area contributed by atoms with Crippen molar-refractivity contribution >= 4 is 88.8 Å². The smallest absolute Gasteiger partial charge is 0.335 e. The van der Waals surface area contributed by atoms with Gasteiger partial charge < -0.3 is 4.74 Å². The summed E-state index contributed by atoms with van der Waals surface area (Å²) < 4.78 is 6.95. The highest BCUT2D eigenvalue weighted by atomic mass is 79.9. The first-order valence-corrected chi connectivity index (χ1v) is 12.6. The second kappa shape index (κ2) is 10.8. The van der Waals surface area contributed by atoms with E-state index in [-0.39, 0.29) is 31.7 Å². The molecule has 3 aromatic carbocycles. The fraction of sp³-hybridized carbons (Fsp3) is 0. The third-order valence-corrected chi connectivity index (χ3v) is 6.79. The van der Waals surface area contributed by atoms with E-state index >= 15 is 0 Å². The quantitative estimate of drug-likeness (QED) is 0.136. The molecule has 1 fully saturated rings. The van der Waals surface area contributed by atoms with Gasteiger partial charge in [-0.1, -0.05) is 15.9 Å². The number of carbonyl (C=O) groups is 3. The van der Waals surface area contributed by atoms with Gasteiger partial charge in [0.1, 0.15) is 5.57 Å². The average molecular weight is 711 g/mol. The molecule has 12 nitrogen and oxygen atoms in total. The second-order valence-corrected chi connectivity index (χ2v) is 10.1. The van der Waals surface area contributed by atoms with Gasteiger partial charge in [-0.05, 0) is 86.0 Å². The first-order chi connectivity index (χ1) is 18.0. The van der Waals surface area contributed by atoms with Crippen molar-refractivity contribution < 1.29 is 29.0 Å². The van der Waals surface area contributed by atoms with Gasteiger partial charge in [0.15, 0.2) is 5.75 Å². The minimum Gasteiger partial charge on any atom is -0.448 e. The number of rotatable bonds is 6. The SMILES string of the molecule is O=C1NC(=O)N(c2ccc(Br)cc2)C(=O)/C1=C/c1cc(Br)c(Oc2ccc([N+](=O)[O-])cc2[N+](=O)[O-])c(Br)c1. The van der Waals surface area contributed by atoms with E-state index in [0.29, 0.717) is 5.56 Å². The molecule has 1 heterocycles. The number of imide groups is 2. The minimum atomic E-state index is -0.893. The summed E-state index contributed by atoms with van der Waals surface area (Å²) in [5, 5.41) is 24.5. The van der Waals surface area contributed by atoms with Crippen molar-refractivity contribution in [2.45, 2.75) is 0 Å². The third kappa shape index (κ3) is 5.49. The Balaban J connectivity index is 1.68. The number of carbonyl (C=O) groups excluding carboxylic acids is 3. The molecule has 3 aromatic rings. The number of nitrogens with zero attached hydrogens (tertiary/aromatic N) is 3. The highest BCUT2D eigenvalue weighted by Gasteiger charge is 2.37. The Hall–Kier alpha value is -3.95. The largest absolute Gasteiger partial charge is 0.448 e. The standard InChI is InChI=1S/C23H11Br3N4O8/c24-12-1-3-13(4-2-12)28-22(32)15(21(31)27-23(28)33)7-11-8-16(25)20(17(26)9-11)38-19-6-5-14(29(34)35)10-18(19)30(36)37/h1-10H,(H,27,31,33)/b15-7+. The predicted molar refractivity (Wildman–Crippen MR) is 145 cm³/mol. The maximum atomic E-state index is 13.1. The van der Waals surface area contributed by atoms with E-state index in [1.54, 1.807) is 12.1 Å². The number of ether oxygens (including phenoxy) is 1. The van der Waals surface area contributed by atoms with Crippen molar-refractivity contribution in [3.8, 4) is 11.5 Å². The molecule has 0 bridgehead atoms. The summed E-state index contributed by atoms with van der Waals surface area (Å²) in [5.41, 5.74) is -0.810. The van der Waals surface area contributed by atoms with Gasteiger partial charge in [0.05, 0.1) is 30.5 Å². The van der Waals surface area contributed by atoms with Crippen LogP contribution in [0.2, 0.25) is 0 Å². The van der Waals surface area contributed by atoms with Gasteiger partial charge in [0, 0.05) is 10.5 Å². The Labute approximate surface area is 237 Å². The molecular formula is C23H11Br3N4O8. The molecule has 0 saturated carbocycles. The van der Waals surface area contributed by atoms with Crippen LogP contribution in [0, 0.1) is 20.2 Å². The molecule has 0 aliphatic carbocycles. The number of hydrogen-bond donors (Lipinski definition) is 1. The Kier molecular flexibility index (Phi) is 7.71. The lowest BCUT2D eigenvalue weighted by molar-refractivity contribution is -0.394. The van der Waals surface area contributed by atoms with Gasteiger partial charge in [-0.15, -0.1) is 0 Å². The molecule has 192 valence electrons. The van der Waals surface area contributed by atoms with Crippen LogP contribution in [0.4, 0.5) is 21.9 Å². The zero-order chi connectivity index (χ0) is 27.7. The predicted octanol–water partition coefficient (Wildman–Crippen LogP) is 6.25. The molecule has 4 amide bonds. The van der Waals surface area contributed by atoms with E-state index in [1.165, 1.54) is 30.3 Å². The minimum absolute atomic E-state index is 0.0928. The summed E-state index contributed by atoms with van der Waals surface area (Å²) in [7, 11) is 0. The van der Waals surface area contributed by atoms with Gasteiger partial charge in [0.25, 0.3) is 17.5 Å². The highest BCUT2D eigenvalue weighted by Crippen LogP contribution is 2.42. The first kappa shape index (κ1) is 27.1. The number of nitro groups is 2. The molecule has 1 saturated heterocycles. The monoisotopic (exact) mass is 708 g/mol. The fourth-order valence-corrected chi connectivity index (χ4v) is 5.02. The van der Waals surface area contributed by atoms with Crippen LogP contribution in [-0.4, -0.2) is 27.7 Å². The van der Waals surface area contributed by atoms with Crippen LogP contribution >= 0.6 is 47.8 Å². The van der Waals surface area contributed by atoms with Gasteiger partial charge in [-0.25, -0.2) is 9.69 Å². The zero-order valence-electron chi connectivity index (χ0n) is 18.5.